The molecule has 2 saturated heterocycles. The van der Waals surface area contributed by atoms with Gasteiger partial charge < -0.3 is 14.9 Å². The van der Waals surface area contributed by atoms with Crippen LogP contribution in [0.15, 0.2) is 0 Å². The monoisotopic (exact) mass is 288 g/mol. The Balaban J connectivity index is 1.89. The second kappa shape index (κ2) is 6.44. The van der Waals surface area contributed by atoms with Crippen molar-refractivity contribution in [3.63, 3.8) is 0 Å². The van der Waals surface area contributed by atoms with Crippen LogP contribution in [-0.2, 0) is 4.79 Å². The average molecular weight is 288 g/mol. The molecule has 0 aliphatic carbocycles. The minimum Gasteiger partial charge on any atom is -0.480 e. The molecule has 0 spiro atoms. The second-order valence-electron chi connectivity index (χ2n) is 4.83. The van der Waals surface area contributed by atoms with Gasteiger partial charge in [0.1, 0.15) is 6.04 Å². The minimum absolute atomic E-state index is 0.294. The Bertz CT molecular complexity index is 347. The fourth-order valence-corrected chi connectivity index (χ4v) is 3.21. The van der Waals surface area contributed by atoms with Crippen molar-refractivity contribution >= 4 is 23.8 Å². The molecule has 1 unspecified atom stereocenters. The van der Waals surface area contributed by atoms with Crippen molar-refractivity contribution in [1.29, 1.82) is 0 Å². The quantitative estimate of drug-likeness (QED) is 0.704. The Morgan fingerprint density at radius 3 is 2.53 bits per heavy atom. The molecule has 7 nitrogen and oxygen atoms in total. The highest BCUT2D eigenvalue weighted by atomic mass is 32.2. The molecule has 2 aliphatic rings. The molecular formula is C11H20N4O3S. The van der Waals surface area contributed by atoms with Crippen LogP contribution in [0.1, 0.15) is 0 Å². The lowest BCUT2D eigenvalue weighted by atomic mass is 10.3. The summed E-state index contributed by atoms with van der Waals surface area (Å²) >= 11 is 1.58. The number of likely N-dealkylation sites (N-methyl/N-ethyl adjacent to an activating group) is 1. The van der Waals surface area contributed by atoms with Crippen molar-refractivity contribution in [1.82, 2.24) is 20.2 Å². The Hall–Kier alpha value is -0.990. The van der Waals surface area contributed by atoms with Gasteiger partial charge in [0.25, 0.3) is 0 Å². The number of carboxylic acid groups (broad SMARTS) is 1. The van der Waals surface area contributed by atoms with Gasteiger partial charge in [-0.2, -0.15) is 11.8 Å². The van der Waals surface area contributed by atoms with Crippen molar-refractivity contribution in [2.24, 2.45) is 0 Å². The van der Waals surface area contributed by atoms with Gasteiger partial charge in [0.2, 0.25) is 0 Å². The highest BCUT2D eigenvalue weighted by Gasteiger charge is 2.33. The maximum atomic E-state index is 12.1. The van der Waals surface area contributed by atoms with E-state index < -0.39 is 12.0 Å². The number of amides is 2. The number of urea groups is 1. The van der Waals surface area contributed by atoms with E-state index in [0.29, 0.717) is 12.3 Å². The number of aliphatic carboxylic acids is 1. The van der Waals surface area contributed by atoms with Gasteiger partial charge in [0.05, 0.1) is 0 Å². The van der Waals surface area contributed by atoms with E-state index in [2.05, 4.69) is 10.3 Å². The number of carbonyl (C=O) groups excluding carboxylic acids is 1. The molecule has 2 aliphatic heterocycles. The number of hydrogen-bond donors (Lipinski definition) is 2. The van der Waals surface area contributed by atoms with Crippen LogP contribution in [0.25, 0.3) is 0 Å². The lowest BCUT2D eigenvalue weighted by Crippen LogP contribution is -2.59. The zero-order chi connectivity index (χ0) is 13.8. The second-order valence-corrected chi connectivity index (χ2v) is 5.98. The predicted octanol–water partition coefficient (Wildman–Crippen LogP) is -0.640. The molecule has 0 radical (unpaired) electrons. The Morgan fingerprint density at radius 2 is 1.89 bits per heavy atom. The number of hydrogen-bond acceptors (Lipinski definition) is 5. The fraction of sp³-hybridized carbons (Fsp3) is 0.818. The third-order valence-corrected chi connectivity index (χ3v) is 4.45. The summed E-state index contributed by atoms with van der Waals surface area (Å²) in [6.45, 7) is 3.82. The number of hydrazine groups is 1. The van der Waals surface area contributed by atoms with Gasteiger partial charge in [-0.25, -0.2) is 14.6 Å². The van der Waals surface area contributed by atoms with E-state index in [-0.39, 0.29) is 6.03 Å². The number of nitrogens with zero attached hydrogens (tertiary/aromatic N) is 3. The third-order valence-electron chi connectivity index (χ3n) is 3.43. The highest BCUT2D eigenvalue weighted by Crippen LogP contribution is 2.16. The molecule has 2 rings (SSSR count). The van der Waals surface area contributed by atoms with Crippen molar-refractivity contribution < 1.29 is 14.7 Å². The van der Waals surface area contributed by atoms with E-state index in [1.807, 2.05) is 12.1 Å². The summed E-state index contributed by atoms with van der Waals surface area (Å²) in [4.78, 5) is 26.9. The molecule has 0 aromatic carbocycles. The number of thioether (sulfide) groups is 1. The molecule has 0 saturated carbocycles. The van der Waals surface area contributed by atoms with Gasteiger partial charge in [-0.3, -0.25) is 5.43 Å². The number of nitrogens with one attached hydrogen (secondary N) is 1. The molecule has 0 aromatic heterocycles. The number of piperazine rings is 1. The third kappa shape index (κ3) is 3.74. The van der Waals surface area contributed by atoms with Crippen molar-refractivity contribution in [3.8, 4) is 0 Å². The van der Waals surface area contributed by atoms with Gasteiger partial charge in [-0.05, 0) is 7.05 Å². The first-order chi connectivity index (χ1) is 9.08. The van der Waals surface area contributed by atoms with E-state index in [0.717, 1.165) is 31.9 Å². The summed E-state index contributed by atoms with van der Waals surface area (Å²) in [5.74, 6) is 0.326. The Kier molecular flexibility index (Phi) is 4.89. The SMILES string of the molecule is CN1CCN(NC(=O)N2CCSCC2C(=O)O)CC1. The van der Waals surface area contributed by atoms with Crippen LogP contribution < -0.4 is 5.43 Å². The molecule has 19 heavy (non-hydrogen) atoms. The normalized spacial score (nSPS) is 26.2. The molecule has 2 amide bonds. The standard InChI is InChI=1S/C11H20N4O3S/c1-13-2-4-14(5-3-13)12-11(18)15-6-7-19-8-9(15)10(16)17/h9H,2-8H2,1H3,(H,12,18)(H,16,17). The van der Waals surface area contributed by atoms with Gasteiger partial charge in [0, 0.05) is 44.2 Å². The van der Waals surface area contributed by atoms with E-state index >= 15 is 0 Å². The molecule has 2 heterocycles. The van der Waals surface area contributed by atoms with Crippen LogP contribution in [0.4, 0.5) is 4.79 Å². The van der Waals surface area contributed by atoms with Gasteiger partial charge in [-0.15, -0.1) is 0 Å². The van der Waals surface area contributed by atoms with E-state index in [1.165, 1.54) is 4.90 Å². The van der Waals surface area contributed by atoms with Crippen LogP contribution in [0, 0.1) is 0 Å². The van der Waals surface area contributed by atoms with E-state index in [4.69, 9.17) is 5.11 Å². The van der Waals surface area contributed by atoms with Crippen LogP contribution in [0.5, 0.6) is 0 Å². The topological polar surface area (TPSA) is 76.1 Å². The van der Waals surface area contributed by atoms with Gasteiger partial charge in [0.15, 0.2) is 0 Å². The maximum absolute atomic E-state index is 12.1. The first-order valence-electron chi connectivity index (χ1n) is 6.39. The summed E-state index contributed by atoms with van der Waals surface area (Å²) in [6.07, 6.45) is 0. The summed E-state index contributed by atoms with van der Waals surface area (Å²) in [6, 6.07) is -1.01. The summed E-state index contributed by atoms with van der Waals surface area (Å²) in [5, 5.41) is 11.0. The molecule has 2 N–H and O–H groups in total. The molecule has 108 valence electrons. The molecule has 2 fully saturated rings. The zero-order valence-electron chi connectivity index (χ0n) is 11.0. The zero-order valence-corrected chi connectivity index (χ0v) is 11.9. The first-order valence-corrected chi connectivity index (χ1v) is 7.54. The smallest absolute Gasteiger partial charge is 0.332 e. The molecule has 8 heteroatoms. The number of carboxylic acids is 1. The molecule has 1 atom stereocenters. The van der Waals surface area contributed by atoms with Crippen molar-refractivity contribution in [2.45, 2.75) is 6.04 Å². The predicted molar refractivity (Wildman–Crippen MR) is 73.1 cm³/mol. The Labute approximate surface area is 116 Å². The summed E-state index contributed by atoms with van der Waals surface area (Å²) in [5.41, 5.74) is 2.82. The lowest BCUT2D eigenvalue weighted by molar-refractivity contribution is -0.141. The van der Waals surface area contributed by atoms with Crippen LogP contribution in [0.3, 0.4) is 0 Å². The number of rotatable bonds is 2. The summed E-state index contributed by atoms with van der Waals surface area (Å²) < 4.78 is 0. The number of carbonyl (C=O) groups is 2. The maximum Gasteiger partial charge on any atom is 0.332 e. The fourth-order valence-electron chi connectivity index (χ4n) is 2.17. The first kappa shape index (κ1) is 14.4. The largest absolute Gasteiger partial charge is 0.480 e. The molecule has 0 aromatic rings. The Morgan fingerprint density at radius 1 is 1.21 bits per heavy atom. The highest BCUT2D eigenvalue weighted by molar-refractivity contribution is 7.99. The van der Waals surface area contributed by atoms with Crippen LogP contribution >= 0.6 is 11.8 Å². The average Bonchev–Trinajstić information content (AvgIpc) is 2.41. The molecule has 0 bridgehead atoms. The van der Waals surface area contributed by atoms with Gasteiger partial charge >= 0.3 is 12.0 Å². The minimum atomic E-state index is -0.930. The van der Waals surface area contributed by atoms with Crippen molar-refractivity contribution in [2.75, 3.05) is 51.3 Å². The lowest BCUT2D eigenvalue weighted by Gasteiger charge is -2.37. The van der Waals surface area contributed by atoms with Crippen molar-refractivity contribution in [3.05, 3.63) is 0 Å². The van der Waals surface area contributed by atoms with Crippen LogP contribution in [-0.4, -0.2) is 89.2 Å². The van der Waals surface area contributed by atoms with Gasteiger partial charge in [-0.1, -0.05) is 0 Å². The summed E-state index contributed by atoms with van der Waals surface area (Å²) in [7, 11) is 2.04. The van der Waals surface area contributed by atoms with Crippen LogP contribution in [0.2, 0.25) is 0 Å². The van der Waals surface area contributed by atoms with E-state index in [1.54, 1.807) is 11.8 Å². The van der Waals surface area contributed by atoms with E-state index in [9.17, 15) is 9.59 Å². The molecular weight excluding hydrogens is 268 g/mol.